The maximum absolute atomic E-state index is 13.4. The van der Waals surface area contributed by atoms with Gasteiger partial charge in [-0.3, -0.25) is 43.2 Å². The number of rotatable bonds is 11. The van der Waals surface area contributed by atoms with Gasteiger partial charge in [-0.1, -0.05) is 98.9 Å². The van der Waals surface area contributed by atoms with Gasteiger partial charge in [-0.05, 0) is 61.8 Å². The monoisotopic (exact) mass is 1110 g/mol. The number of aliphatic hydroxyl groups is 5. The van der Waals surface area contributed by atoms with Crippen molar-refractivity contribution in [1.82, 2.24) is 0 Å². The van der Waals surface area contributed by atoms with Crippen molar-refractivity contribution in [2.45, 2.75) is 165 Å². The highest BCUT2D eigenvalue weighted by molar-refractivity contribution is 6.16. The second-order valence-electron chi connectivity index (χ2n) is 21.0. The van der Waals surface area contributed by atoms with Gasteiger partial charge in [-0.25, -0.2) is 0 Å². The third-order valence-electron chi connectivity index (χ3n) is 14.2. The highest BCUT2D eigenvalue weighted by Gasteiger charge is 2.51. The quantitative estimate of drug-likeness (QED) is 0.112. The van der Waals surface area contributed by atoms with E-state index < -0.39 is 171 Å². The number of allylic oxidation sites excluding steroid dienone is 13. The molecule has 20 nitrogen and oxygen atoms in total. The van der Waals surface area contributed by atoms with Gasteiger partial charge in [0, 0.05) is 44.0 Å². The van der Waals surface area contributed by atoms with Gasteiger partial charge in [0.15, 0.2) is 17.9 Å². The van der Waals surface area contributed by atoms with Crippen LogP contribution in [0.25, 0.3) is 0 Å². The molecule has 436 valence electrons. The lowest BCUT2D eigenvalue weighted by molar-refractivity contribution is -0.301. The smallest absolute Gasteiger partial charge is 0.311 e. The number of aliphatic carboxylic acids is 1. The van der Waals surface area contributed by atoms with E-state index in [9.17, 15) is 73.8 Å². The number of ketones is 8. The first-order valence-electron chi connectivity index (χ1n) is 26.9. The Morgan fingerprint density at radius 3 is 1.71 bits per heavy atom. The van der Waals surface area contributed by atoms with Crippen molar-refractivity contribution < 1.29 is 88.0 Å². The molecule has 0 aliphatic carbocycles. The van der Waals surface area contributed by atoms with Crippen LogP contribution in [0.4, 0.5) is 5.69 Å². The van der Waals surface area contributed by atoms with Crippen molar-refractivity contribution in [3.05, 3.63) is 115 Å². The maximum Gasteiger partial charge on any atom is 0.311 e. The summed E-state index contributed by atoms with van der Waals surface area (Å²) in [5.41, 5.74) is 7.33. The van der Waals surface area contributed by atoms with Gasteiger partial charge >= 0.3 is 5.97 Å². The van der Waals surface area contributed by atoms with E-state index in [2.05, 4.69) is 5.32 Å². The average Bonchev–Trinajstić information content (AvgIpc) is 3.48. The van der Waals surface area contributed by atoms with Crippen LogP contribution in [-0.2, 0) is 52.6 Å². The van der Waals surface area contributed by atoms with Gasteiger partial charge < -0.3 is 55.9 Å². The van der Waals surface area contributed by atoms with Crippen molar-refractivity contribution in [2.75, 3.05) is 12.4 Å². The van der Waals surface area contributed by atoms with Gasteiger partial charge in [0.2, 0.25) is 0 Å². The number of ether oxygens (including phenoxy) is 3. The second-order valence-corrected chi connectivity index (χ2v) is 21.0. The van der Waals surface area contributed by atoms with Crippen LogP contribution >= 0.6 is 0 Å². The van der Waals surface area contributed by atoms with Gasteiger partial charge in [0.05, 0.1) is 87.6 Å². The van der Waals surface area contributed by atoms with E-state index in [1.54, 1.807) is 92.1 Å². The molecule has 0 spiro atoms. The van der Waals surface area contributed by atoms with Gasteiger partial charge in [0.25, 0.3) is 0 Å². The Labute approximate surface area is 466 Å². The van der Waals surface area contributed by atoms with E-state index in [0.717, 1.165) is 5.69 Å². The van der Waals surface area contributed by atoms with Gasteiger partial charge in [-0.2, -0.15) is 0 Å². The Kier molecular flexibility index (Phi) is 27.1. The molecule has 3 aliphatic rings. The zero-order valence-corrected chi connectivity index (χ0v) is 45.7. The van der Waals surface area contributed by atoms with Crippen molar-refractivity contribution in [1.29, 1.82) is 0 Å². The molecule has 80 heavy (non-hydrogen) atoms. The molecule has 2 saturated heterocycles. The number of Topliss-reactive ketones (excluding diaryl/α,β-unsaturated/α-hetero) is 8. The molecular weight excluding hydrogens is 1040 g/mol. The molecule has 0 amide bonds. The van der Waals surface area contributed by atoms with Gasteiger partial charge in [-0.15, -0.1) is 0 Å². The van der Waals surface area contributed by atoms with Crippen LogP contribution in [0.2, 0.25) is 0 Å². The molecule has 14 atom stereocenters. The summed E-state index contributed by atoms with van der Waals surface area (Å²) < 4.78 is 17.6. The SMILES string of the molecule is CNc1ccc(C(=O)CC(O)CCC(C)C2CC(=O)CC(=O)CC(=O)CC(=O)CC(=O)CC(=O)CC(=O)CC3(O)CC(O)C(C(=O)O)C(CC(O[C@@H]4O[C@H](C)[C@@H](O)[C@H](N)[C@@H]4O)C=CC=CC=CC=CC=CC=CC=CC2C)O3)cc1. The predicted molar refractivity (Wildman–Crippen MR) is 293 cm³/mol. The number of hydrogen-bond donors (Lipinski definition) is 8. The molecule has 0 saturated carbocycles. The van der Waals surface area contributed by atoms with E-state index >= 15 is 0 Å². The third kappa shape index (κ3) is 22.3. The molecule has 1 aromatic rings. The predicted octanol–water partition coefficient (Wildman–Crippen LogP) is 4.45. The average molecular weight is 1120 g/mol. The van der Waals surface area contributed by atoms with E-state index in [-0.39, 0.29) is 42.8 Å². The minimum absolute atomic E-state index is 0.0476. The molecule has 9 unspecified atom stereocenters. The van der Waals surface area contributed by atoms with Crippen LogP contribution in [0.5, 0.6) is 0 Å². The number of nitrogens with one attached hydrogen (secondary N) is 1. The molecule has 0 radical (unpaired) electrons. The molecule has 4 rings (SSSR count). The summed E-state index contributed by atoms with van der Waals surface area (Å²) in [6.07, 6.45) is 7.08. The van der Waals surface area contributed by atoms with Crippen molar-refractivity contribution >= 4 is 57.9 Å². The Morgan fingerprint density at radius 2 is 1.20 bits per heavy atom. The topological polar surface area (TPSA) is 341 Å². The molecule has 2 bridgehead atoms. The van der Waals surface area contributed by atoms with Crippen molar-refractivity contribution in [2.24, 2.45) is 29.4 Å². The first-order chi connectivity index (χ1) is 37.9. The number of benzene rings is 1. The second kappa shape index (κ2) is 32.8. The van der Waals surface area contributed by atoms with E-state index in [1.165, 1.54) is 19.1 Å². The molecule has 2 fully saturated rings. The standard InChI is InChI=1S/C60H78N2O18/c1-36-17-15-13-11-9-7-5-6-8-10-12-14-16-18-49(79-59-57(74)55(61)56(73)38(3)78-59)33-53-54(58(75)76)52(72)35-60(77,80-53)34-48(70)30-46(68)28-44(66)26-42(64)25-43(65)27-45(67)29-47(69)31-50(36)37(2)19-24-41(63)32-51(71)39-20-22-40(62-4)23-21-39/h5-18,20-23,36-38,41,49-50,52-57,59,62-63,72-74,77H,19,24-35,61H2,1-4H3,(H,75,76)/t36?,37?,38-,41?,49?,50?,52?,53?,54?,55+,56-,57+,59+,60?/m1/s1. The molecule has 3 aliphatic heterocycles. The van der Waals surface area contributed by atoms with E-state index in [4.69, 9.17) is 19.9 Å². The molecule has 1 aromatic carbocycles. The van der Waals surface area contributed by atoms with Crippen LogP contribution in [0.1, 0.15) is 115 Å². The number of anilines is 1. The van der Waals surface area contributed by atoms with Crippen LogP contribution in [-0.4, -0.2) is 151 Å². The largest absolute Gasteiger partial charge is 0.481 e. The lowest BCUT2D eigenvalue weighted by Gasteiger charge is -2.44. The summed E-state index contributed by atoms with van der Waals surface area (Å²) in [4.78, 5) is 116. The van der Waals surface area contributed by atoms with E-state index in [1.807, 2.05) is 26.0 Å². The van der Waals surface area contributed by atoms with Gasteiger partial charge in [0.1, 0.15) is 52.5 Å². The zero-order valence-electron chi connectivity index (χ0n) is 45.7. The Morgan fingerprint density at radius 1 is 0.713 bits per heavy atom. The first-order valence-corrected chi connectivity index (χ1v) is 26.9. The lowest BCUT2D eigenvalue weighted by atomic mass is 9.77. The van der Waals surface area contributed by atoms with Crippen molar-refractivity contribution in [3.8, 4) is 0 Å². The summed E-state index contributed by atoms with van der Waals surface area (Å²) in [6.45, 7) is 5.35. The van der Waals surface area contributed by atoms with Crippen LogP contribution in [0.15, 0.2) is 109 Å². The number of carbonyl (C=O) groups excluding carboxylic acids is 8. The maximum atomic E-state index is 13.4. The highest BCUT2D eigenvalue weighted by atomic mass is 16.7. The number of fused-ring (bicyclic) bond motifs is 2. The summed E-state index contributed by atoms with van der Waals surface area (Å²) in [5, 5.41) is 67.8. The lowest BCUT2D eigenvalue weighted by Crippen LogP contribution is -2.61. The normalized spacial score (nSPS) is 30.8. The fourth-order valence-corrected chi connectivity index (χ4v) is 9.88. The van der Waals surface area contributed by atoms with Crippen LogP contribution < -0.4 is 11.1 Å². The molecule has 20 heteroatoms. The summed E-state index contributed by atoms with van der Waals surface area (Å²) in [5.74, 6) is -12.4. The zero-order chi connectivity index (χ0) is 59.1. The fourth-order valence-electron chi connectivity index (χ4n) is 9.88. The number of nitrogens with two attached hydrogens (primary N) is 1. The Hall–Kier alpha value is -6.33. The number of carboxylic acid groups (broad SMARTS) is 1. The number of carbonyl (C=O) groups is 9. The molecular formula is C60H78N2O18. The number of carboxylic acids is 1. The summed E-state index contributed by atoms with van der Waals surface area (Å²) in [6, 6.07) is 5.71. The van der Waals surface area contributed by atoms with Crippen LogP contribution in [0.3, 0.4) is 0 Å². The molecule has 3 heterocycles. The minimum Gasteiger partial charge on any atom is -0.481 e. The minimum atomic E-state index is -2.52. The fraction of sp³-hybridized carbons (Fsp3) is 0.517. The number of aliphatic hydroxyl groups excluding tert-OH is 4. The summed E-state index contributed by atoms with van der Waals surface area (Å²) in [7, 11) is 1.76. The Balaban J connectivity index is 1.54. The van der Waals surface area contributed by atoms with E-state index in [0.29, 0.717) is 12.0 Å². The summed E-state index contributed by atoms with van der Waals surface area (Å²) >= 11 is 0. The molecule has 9 N–H and O–H groups in total. The Bertz CT molecular complexity index is 2540. The van der Waals surface area contributed by atoms with Crippen molar-refractivity contribution in [3.63, 3.8) is 0 Å². The number of hydrogen-bond acceptors (Lipinski definition) is 19. The third-order valence-corrected chi connectivity index (χ3v) is 14.2. The van der Waals surface area contributed by atoms with Crippen LogP contribution in [0, 0.1) is 23.7 Å². The first kappa shape index (κ1) is 66.2. The molecule has 0 aromatic heterocycles. The highest BCUT2D eigenvalue weighted by Crippen LogP contribution is 2.38.